The van der Waals surface area contributed by atoms with Gasteiger partial charge in [0, 0.05) is 11.6 Å². The first-order chi connectivity index (χ1) is 8.70. The first kappa shape index (κ1) is 12.5. The van der Waals surface area contributed by atoms with Gasteiger partial charge in [-0.25, -0.2) is 0 Å². The van der Waals surface area contributed by atoms with Crippen molar-refractivity contribution in [2.75, 3.05) is 6.61 Å². The molecule has 5 nitrogen and oxygen atoms in total. The van der Waals surface area contributed by atoms with Crippen molar-refractivity contribution in [3.63, 3.8) is 0 Å². The number of carbonyl (C=O) groups excluding carboxylic acids is 1. The second-order valence-electron chi connectivity index (χ2n) is 4.54. The minimum atomic E-state index is -0.522. The number of aldehydes is 1. The number of hydrogen-bond acceptors (Lipinski definition) is 4. The fourth-order valence-corrected chi connectivity index (χ4v) is 1.99. The SMILES string of the molecule is O=Cc1ccc(OCCC2CCC2)c([N+](=O)[O-])c1. The van der Waals surface area contributed by atoms with Crippen molar-refractivity contribution >= 4 is 12.0 Å². The van der Waals surface area contributed by atoms with E-state index in [1.165, 1.54) is 37.5 Å². The van der Waals surface area contributed by atoms with Crippen molar-refractivity contribution in [1.29, 1.82) is 0 Å². The van der Waals surface area contributed by atoms with E-state index in [1.807, 2.05) is 0 Å². The first-order valence-corrected chi connectivity index (χ1v) is 6.07. The van der Waals surface area contributed by atoms with Crippen LogP contribution < -0.4 is 4.74 Å². The summed E-state index contributed by atoms with van der Waals surface area (Å²) in [7, 11) is 0. The molecule has 1 aliphatic carbocycles. The maximum absolute atomic E-state index is 10.9. The molecule has 0 atom stereocenters. The molecule has 0 saturated heterocycles. The Bertz CT molecular complexity index is 454. The molecule has 1 saturated carbocycles. The molecule has 0 N–H and O–H groups in total. The lowest BCUT2D eigenvalue weighted by Gasteiger charge is -2.24. The second kappa shape index (κ2) is 5.62. The van der Waals surface area contributed by atoms with E-state index in [1.54, 1.807) is 0 Å². The molecule has 0 radical (unpaired) electrons. The van der Waals surface area contributed by atoms with Crippen molar-refractivity contribution in [3.8, 4) is 5.75 Å². The Morgan fingerprint density at radius 3 is 2.78 bits per heavy atom. The maximum atomic E-state index is 10.9. The molecule has 1 aliphatic rings. The van der Waals surface area contributed by atoms with Gasteiger partial charge in [0.15, 0.2) is 5.75 Å². The molecule has 1 aromatic rings. The number of nitro groups is 1. The Morgan fingerprint density at radius 1 is 1.44 bits per heavy atom. The van der Waals surface area contributed by atoms with Gasteiger partial charge in [-0.15, -0.1) is 0 Å². The average Bonchev–Trinajstić information content (AvgIpc) is 2.32. The summed E-state index contributed by atoms with van der Waals surface area (Å²) in [5.41, 5.74) is 0.140. The Morgan fingerprint density at radius 2 is 2.22 bits per heavy atom. The van der Waals surface area contributed by atoms with Crippen LogP contribution in [0, 0.1) is 16.0 Å². The summed E-state index contributed by atoms with van der Waals surface area (Å²) in [6.45, 7) is 0.492. The van der Waals surface area contributed by atoms with Gasteiger partial charge in [-0.2, -0.15) is 0 Å². The van der Waals surface area contributed by atoms with Crippen molar-refractivity contribution < 1.29 is 14.5 Å². The highest BCUT2D eigenvalue weighted by molar-refractivity contribution is 5.77. The molecule has 0 aliphatic heterocycles. The van der Waals surface area contributed by atoms with Crippen LogP contribution in [0.3, 0.4) is 0 Å². The monoisotopic (exact) mass is 249 g/mol. The Kier molecular flexibility index (Phi) is 3.92. The van der Waals surface area contributed by atoms with Crippen LogP contribution in [-0.2, 0) is 0 Å². The number of carbonyl (C=O) groups is 1. The van der Waals surface area contributed by atoms with Crippen LogP contribution in [0.5, 0.6) is 5.75 Å². The molecule has 96 valence electrons. The van der Waals surface area contributed by atoms with Gasteiger partial charge in [0.25, 0.3) is 0 Å². The summed E-state index contributed by atoms with van der Waals surface area (Å²) < 4.78 is 5.45. The van der Waals surface area contributed by atoms with Crippen LogP contribution in [0.15, 0.2) is 18.2 Å². The number of hydrogen-bond donors (Lipinski definition) is 0. The molecule has 1 aromatic carbocycles. The van der Waals surface area contributed by atoms with E-state index < -0.39 is 4.92 Å². The van der Waals surface area contributed by atoms with Gasteiger partial charge >= 0.3 is 5.69 Å². The quantitative estimate of drug-likeness (QED) is 0.441. The largest absolute Gasteiger partial charge is 0.487 e. The highest BCUT2D eigenvalue weighted by Gasteiger charge is 2.19. The van der Waals surface area contributed by atoms with E-state index in [2.05, 4.69) is 0 Å². The third-order valence-corrected chi connectivity index (χ3v) is 3.32. The zero-order valence-corrected chi connectivity index (χ0v) is 10.0. The number of benzene rings is 1. The fraction of sp³-hybridized carbons (Fsp3) is 0.462. The third kappa shape index (κ3) is 2.85. The van der Waals surface area contributed by atoms with Crippen LogP contribution in [-0.4, -0.2) is 17.8 Å². The average molecular weight is 249 g/mol. The number of nitrogens with zero attached hydrogens (tertiary/aromatic N) is 1. The number of nitro benzene ring substituents is 1. The zero-order chi connectivity index (χ0) is 13.0. The van der Waals surface area contributed by atoms with Crippen molar-refractivity contribution in [3.05, 3.63) is 33.9 Å². The Hall–Kier alpha value is -1.91. The van der Waals surface area contributed by atoms with Gasteiger partial charge in [0.05, 0.1) is 11.5 Å². The standard InChI is InChI=1S/C13H15NO4/c15-9-11-4-5-13(12(8-11)14(16)17)18-7-6-10-2-1-3-10/h4-5,8-10H,1-3,6-7H2. The van der Waals surface area contributed by atoms with E-state index in [9.17, 15) is 14.9 Å². The van der Waals surface area contributed by atoms with E-state index in [0.29, 0.717) is 18.8 Å². The van der Waals surface area contributed by atoms with Gasteiger partial charge < -0.3 is 4.74 Å². The van der Waals surface area contributed by atoms with E-state index >= 15 is 0 Å². The van der Waals surface area contributed by atoms with Gasteiger partial charge in [-0.3, -0.25) is 14.9 Å². The molecule has 0 amide bonds. The molecule has 0 heterocycles. The van der Waals surface area contributed by atoms with Crippen LogP contribution in [0.4, 0.5) is 5.69 Å². The predicted octanol–water partition coefficient (Wildman–Crippen LogP) is 2.98. The molecule has 0 aromatic heterocycles. The van der Waals surface area contributed by atoms with Crippen LogP contribution in [0.2, 0.25) is 0 Å². The molecule has 5 heteroatoms. The van der Waals surface area contributed by atoms with Crippen LogP contribution in [0.25, 0.3) is 0 Å². The van der Waals surface area contributed by atoms with Crippen LogP contribution >= 0.6 is 0 Å². The second-order valence-corrected chi connectivity index (χ2v) is 4.54. The van der Waals surface area contributed by atoms with Gasteiger partial charge in [0.1, 0.15) is 6.29 Å². The molecular weight excluding hydrogens is 234 g/mol. The third-order valence-electron chi connectivity index (χ3n) is 3.32. The molecule has 18 heavy (non-hydrogen) atoms. The summed E-state index contributed by atoms with van der Waals surface area (Å²) in [4.78, 5) is 20.9. The predicted molar refractivity (Wildman–Crippen MR) is 65.9 cm³/mol. The lowest BCUT2D eigenvalue weighted by atomic mass is 9.83. The normalized spacial score (nSPS) is 14.9. The van der Waals surface area contributed by atoms with Gasteiger partial charge in [0.2, 0.25) is 0 Å². The van der Waals surface area contributed by atoms with Gasteiger partial charge in [-0.1, -0.05) is 19.3 Å². The minimum Gasteiger partial charge on any atom is -0.487 e. The van der Waals surface area contributed by atoms with Crippen molar-refractivity contribution in [2.45, 2.75) is 25.7 Å². The lowest BCUT2D eigenvalue weighted by Crippen LogP contribution is -2.14. The van der Waals surface area contributed by atoms with Crippen LogP contribution in [0.1, 0.15) is 36.0 Å². The smallest absolute Gasteiger partial charge is 0.311 e. The molecular formula is C13H15NO4. The summed E-state index contributed by atoms with van der Waals surface area (Å²) in [6, 6.07) is 4.26. The molecule has 0 spiro atoms. The number of ether oxygens (including phenoxy) is 1. The Labute approximate surface area is 105 Å². The van der Waals surface area contributed by atoms with Gasteiger partial charge in [-0.05, 0) is 24.5 Å². The number of rotatable bonds is 6. The lowest BCUT2D eigenvalue weighted by molar-refractivity contribution is -0.385. The minimum absolute atomic E-state index is 0.145. The molecule has 2 rings (SSSR count). The fourth-order valence-electron chi connectivity index (χ4n) is 1.99. The highest BCUT2D eigenvalue weighted by Crippen LogP contribution is 2.31. The van der Waals surface area contributed by atoms with E-state index in [0.717, 1.165) is 6.42 Å². The summed E-state index contributed by atoms with van der Waals surface area (Å²) in [5.74, 6) is 0.947. The molecule has 0 unspecified atom stereocenters. The summed E-state index contributed by atoms with van der Waals surface area (Å²) in [5, 5.41) is 10.9. The summed E-state index contributed by atoms with van der Waals surface area (Å²) >= 11 is 0. The summed E-state index contributed by atoms with van der Waals surface area (Å²) in [6.07, 6.45) is 5.27. The van der Waals surface area contributed by atoms with Crippen molar-refractivity contribution in [1.82, 2.24) is 0 Å². The Balaban J connectivity index is 2.01. The highest BCUT2D eigenvalue weighted by atomic mass is 16.6. The maximum Gasteiger partial charge on any atom is 0.311 e. The molecule has 1 fully saturated rings. The van der Waals surface area contributed by atoms with E-state index in [-0.39, 0.29) is 17.0 Å². The van der Waals surface area contributed by atoms with Crippen molar-refractivity contribution in [2.24, 2.45) is 5.92 Å². The first-order valence-electron chi connectivity index (χ1n) is 6.07. The molecule has 0 bridgehead atoms. The topological polar surface area (TPSA) is 69.4 Å². The zero-order valence-electron chi connectivity index (χ0n) is 10.0. The van der Waals surface area contributed by atoms with E-state index in [4.69, 9.17) is 4.74 Å².